The molecule has 120 valence electrons. The summed E-state index contributed by atoms with van der Waals surface area (Å²) >= 11 is 0. The van der Waals surface area contributed by atoms with Crippen LogP contribution in [0, 0.1) is 5.92 Å². The number of hydrogen-bond donors (Lipinski definition) is 0. The molecule has 1 heterocycles. The van der Waals surface area contributed by atoms with Crippen molar-refractivity contribution in [3.8, 4) is 0 Å². The van der Waals surface area contributed by atoms with Gasteiger partial charge in [0.25, 0.3) is 0 Å². The Balaban J connectivity index is 1.86. The van der Waals surface area contributed by atoms with Crippen LogP contribution in [0.2, 0.25) is 0 Å². The number of carbonyl (C=O) groups excluding carboxylic acids is 1. The molecule has 1 atom stereocenters. The fourth-order valence-electron chi connectivity index (χ4n) is 2.97. The van der Waals surface area contributed by atoms with Gasteiger partial charge in [0.1, 0.15) is 6.54 Å². The van der Waals surface area contributed by atoms with E-state index in [-0.39, 0.29) is 12.5 Å². The van der Waals surface area contributed by atoms with Crippen LogP contribution >= 0.6 is 0 Å². The number of hydrogen-bond acceptors (Lipinski definition) is 3. The van der Waals surface area contributed by atoms with E-state index in [0.717, 1.165) is 29.4 Å². The molecule has 1 unspecified atom stereocenters. The smallest absolute Gasteiger partial charge is 0.327 e. The van der Waals surface area contributed by atoms with Gasteiger partial charge in [-0.1, -0.05) is 42.0 Å². The molecule has 4 heteroatoms. The number of carbonyl (C=O) groups is 1. The molecule has 1 aromatic heterocycles. The lowest BCUT2D eigenvalue weighted by Crippen LogP contribution is -2.14. The SMILES string of the molecule is CCOC(=O)Cn1nc(CC2C=CC(C)=CC2)c2ccccc21. The standard InChI is InChI=1S/C19H22N2O2/c1-3-23-19(22)13-21-18-7-5-4-6-16(18)17(20-21)12-15-10-8-14(2)9-11-15/h4-10,15H,3,11-13H2,1-2H3. The molecule has 0 fully saturated rings. The fraction of sp³-hybridized carbons (Fsp3) is 0.368. The molecule has 0 saturated carbocycles. The van der Waals surface area contributed by atoms with Gasteiger partial charge in [-0.25, -0.2) is 0 Å². The summed E-state index contributed by atoms with van der Waals surface area (Å²) in [5.41, 5.74) is 3.36. The second-order valence-corrected chi connectivity index (χ2v) is 5.93. The lowest BCUT2D eigenvalue weighted by Gasteiger charge is -2.13. The van der Waals surface area contributed by atoms with E-state index in [2.05, 4.69) is 36.3 Å². The summed E-state index contributed by atoms with van der Waals surface area (Å²) in [5, 5.41) is 5.81. The van der Waals surface area contributed by atoms with Crippen LogP contribution in [0.25, 0.3) is 10.9 Å². The van der Waals surface area contributed by atoms with Crippen molar-refractivity contribution in [1.29, 1.82) is 0 Å². The van der Waals surface area contributed by atoms with Crippen LogP contribution in [0.4, 0.5) is 0 Å². The molecule has 3 rings (SSSR count). The molecule has 1 aliphatic rings. The third-order valence-electron chi connectivity index (χ3n) is 4.15. The van der Waals surface area contributed by atoms with Crippen molar-refractivity contribution in [3.63, 3.8) is 0 Å². The number of allylic oxidation sites excluding steroid dienone is 4. The highest BCUT2D eigenvalue weighted by Crippen LogP contribution is 2.25. The Kier molecular flexibility index (Phi) is 4.60. The lowest BCUT2D eigenvalue weighted by atomic mass is 9.92. The summed E-state index contributed by atoms with van der Waals surface area (Å²) in [4.78, 5) is 11.8. The van der Waals surface area contributed by atoms with E-state index in [1.54, 1.807) is 4.68 Å². The highest BCUT2D eigenvalue weighted by Gasteiger charge is 2.16. The van der Waals surface area contributed by atoms with E-state index in [9.17, 15) is 4.79 Å². The first-order chi connectivity index (χ1) is 11.2. The highest BCUT2D eigenvalue weighted by molar-refractivity contribution is 5.83. The number of esters is 1. The maximum absolute atomic E-state index is 11.8. The average molecular weight is 310 g/mol. The molecule has 1 aliphatic carbocycles. The summed E-state index contributed by atoms with van der Waals surface area (Å²) in [6.07, 6.45) is 8.63. The normalized spacial score (nSPS) is 17.3. The Bertz CT molecular complexity index is 771. The average Bonchev–Trinajstić information content (AvgIpc) is 2.88. The van der Waals surface area contributed by atoms with E-state index in [1.165, 1.54) is 5.57 Å². The first-order valence-corrected chi connectivity index (χ1v) is 8.12. The zero-order valence-electron chi connectivity index (χ0n) is 13.7. The van der Waals surface area contributed by atoms with Crippen LogP contribution < -0.4 is 0 Å². The van der Waals surface area contributed by atoms with Crippen LogP contribution in [-0.2, 0) is 22.5 Å². The van der Waals surface area contributed by atoms with E-state index in [1.807, 2.05) is 25.1 Å². The van der Waals surface area contributed by atoms with Gasteiger partial charge < -0.3 is 4.74 Å². The number of ether oxygens (including phenoxy) is 1. The Hall–Kier alpha value is -2.36. The van der Waals surface area contributed by atoms with Gasteiger partial charge in [0.05, 0.1) is 17.8 Å². The molecule has 4 nitrogen and oxygen atoms in total. The van der Waals surface area contributed by atoms with Gasteiger partial charge in [-0.3, -0.25) is 9.48 Å². The van der Waals surface area contributed by atoms with Gasteiger partial charge >= 0.3 is 5.97 Å². The number of fused-ring (bicyclic) bond motifs is 1. The molecular formula is C19H22N2O2. The highest BCUT2D eigenvalue weighted by atomic mass is 16.5. The van der Waals surface area contributed by atoms with Crippen LogP contribution in [0.5, 0.6) is 0 Å². The Morgan fingerprint density at radius 3 is 2.96 bits per heavy atom. The summed E-state index contributed by atoms with van der Waals surface area (Å²) in [6.45, 7) is 4.49. The minimum atomic E-state index is -0.247. The Morgan fingerprint density at radius 1 is 1.39 bits per heavy atom. The molecule has 0 spiro atoms. The monoisotopic (exact) mass is 310 g/mol. The topological polar surface area (TPSA) is 44.1 Å². The van der Waals surface area contributed by atoms with Gasteiger partial charge in [-0.15, -0.1) is 0 Å². The van der Waals surface area contributed by atoms with Crippen LogP contribution in [0.15, 0.2) is 48.1 Å². The quantitative estimate of drug-likeness (QED) is 0.792. The first kappa shape index (κ1) is 15.5. The molecule has 0 radical (unpaired) electrons. The Labute approximate surface area is 136 Å². The van der Waals surface area contributed by atoms with Gasteiger partial charge in [0, 0.05) is 5.39 Å². The molecule has 0 amide bonds. The molecule has 2 aromatic rings. The Morgan fingerprint density at radius 2 is 2.22 bits per heavy atom. The third-order valence-corrected chi connectivity index (χ3v) is 4.15. The number of para-hydroxylation sites is 1. The molecule has 23 heavy (non-hydrogen) atoms. The number of nitrogens with zero attached hydrogens (tertiary/aromatic N) is 2. The molecule has 1 aromatic carbocycles. The predicted octanol–water partition coefficient (Wildman–Crippen LogP) is 3.66. The van der Waals surface area contributed by atoms with Crippen molar-refractivity contribution < 1.29 is 9.53 Å². The first-order valence-electron chi connectivity index (χ1n) is 8.12. The zero-order chi connectivity index (χ0) is 16.2. The van der Waals surface area contributed by atoms with E-state index in [0.29, 0.717) is 12.5 Å². The second-order valence-electron chi connectivity index (χ2n) is 5.93. The summed E-state index contributed by atoms with van der Waals surface area (Å²) < 4.78 is 6.81. The van der Waals surface area contributed by atoms with Crippen molar-refractivity contribution in [3.05, 3.63) is 53.8 Å². The largest absolute Gasteiger partial charge is 0.465 e. The van der Waals surface area contributed by atoms with Gasteiger partial charge in [-0.2, -0.15) is 5.10 Å². The van der Waals surface area contributed by atoms with Crippen molar-refractivity contribution in [2.75, 3.05) is 6.61 Å². The predicted molar refractivity (Wildman–Crippen MR) is 91.1 cm³/mol. The van der Waals surface area contributed by atoms with Crippen molar-refractivity contribution in [2.45, 2.75) is 33.2 Å². The second kappa shape index (κ2) is 6.82. The summed E-state index contributed by atoms with van der Waals surface area (Å²) in [5.74, 6) is 0.219. The third kappa shape index (κ3) is 3.52. The van der Waals surface area contributed by atoms with Gasteiger partial charge in [0.15, 0.2) is 0 Å². The lowest BCUT2D eigenvalue weighted by molar-refractivity contribution is -0.143. The van der Waals surface area contributed by atoms with Crippen molar-refractivity contribution in [2.24, 2.45) is 5.92 Å². The summed E-state index contributed by atoms with van der Waals surface area (Å²) in [6, 6.07) is 8.07. The van der Waals surface area contributed by atoms with Crippen LogP contribution in [-0.4, -0.2) is 22.4 Å². The maximum atomic E-state index is 11.8. The van der Waals surface area contributed by atoms with Gasteiger partial charge in [0.2, 0.25) is 0 Å². The van der Waals surface area contributed by atoms with Gasteiger partial charge in [-0.05, 0) is 38.7 Å². The molecular weight excluding hydrogens is 288 g/mol. The van der Waals surface area contributed by atoms with Crippen LogP contribution in [0.3, 0.4) is 0 Å². The molecule has 0 N–H and O–H groups in total. The van der Waals surface area contributed by atoms with Crippen molar-refractivity contribution >= 4 is 16.9 Å². The molecule has 0 bridgehead atoms. The number of benzene rings is 1. The molecule has 0 saturated heterocycles. The van der Waals surface area contributed by atoms with E-state index in [4.69, 9.17) is 4.74 Å². The number of aromatic nitrogens is 2. The molecule has 0 aliphatic heterocycles. The minimum Gasteiger partial charge on any atom is -0.465 e. The van der Waals surface area contributed by atoms with Crippen LogP contribution in [0.1, 0.15) is 26.0 Å². The number of rotatable bonds is 5. The van der Waals surface area contributed by atoms with E-state index < -0.39 is 0 Å². The van der Waals surface area contributed by atoms with E-state index >= 15 is 0 Å². The van der Waals surface area contributed by atoms with Crippen molar-refractivity contribution in [1.82, 2.24) is 9.78 Å². The zero-order valence-corrected chi connectivity index (χ0v) is 13.7. The fourth-order valence-corrected chi connectivity index (χ4v) is 2.97. The maximum Gasteiger partial charge on any atom is 0.327 e. The minimum absolute atomic E-state index is 0.161. The summed E-state index contributed by atoms with van der Waals surface area (Å²) in [7, 11) is 0.